The lowest BCUT2D eigenvalue weighted by molar-refractivity contribution is -0.193. The molecule has 1 aliphatic heterocycles. The molecular weight excluding hydrogens is 513 g/mol. The van der Waals surface area contributed by atoms with Crippen molar-refractivity contribution in [2.75, 3.05) is 31.1 Å². The highest BCUT2D eigenvalue weighted by Gasteiger charge is 2.42. The van der Waals surface area contributed by atoms with E-state index in [0.29, 0.717) is 19.0 Å². The minimum atomic E-state index is -5.32. The number of piperazine rings is 1. The van der Waals surface area contributed by atoms with Gasteiger partial charge in [0.25, 0.3) is 5.56 Å². The molecule has 1 N–H and O–H groups in total. The minimum Gasteiger partial charge on any atom is -0.383 e. The summed E-state index contributed by atoms with van der Waals surface area (Å²) in [5.41, 5.74) is -0.271. The number of halogens is 3. The Labute approximate surface area is 212 Å². The summed E-state index contributed by atoms with van der Waals surface area (Å²) in [6, 6.07) is 5.61. The maximum Gasteiger partial charge on any atom is 0.491 e. The van der Waals surface area contributed by atoms with Crippen LogP contribution in [-0.4, -0.2) is 63.4 Å². The summed E-state index contributed by atoms with van der Waals surface area (Å²) in [4.78, 5) is 48.2. The summed E-state index contributed by atoms with van der Waals surface area (Å²) in [5.74, 6) is 2.24. The fourth-order valence-corrected chi connectivity index (χ4v) is 4.61. The maximum atomic E-state index is 13.4. The Hall–Kier alpha value is -3.83. The Morgan fingerprint density at radius 1 is 1.19 bits per heavy atom. The van der Waals surface area contributed by atoms with Gasteiger partial charge in [-0.25, -0.2) is 14.6 Å². The van der Waals surface area contributed by atoms with Crippen LogP contribution in [0.2, 0.25) is 0 Å². The third-order valence-corrected chi connectivity index (χ3v) is 6.59. The third-order valence-electron chi connectivity index (χ3n) is 5.46. The van der Waals surface area contributed by atoms with E-state index in [0.717, 1.165) is 24.9 Å². The van der Waals surface area contributed by atoms with Crippen molar-refractivity contribution in [2.24, 2.45) is 7.05 Å². The van der Waals surface area contributed by atoms with E-state index in [9.17, 15) is 27.6 Å². The molecule has 3 heterocycles. The average Bonchev–Trinajstić information content (AvgIpc) is 3.24. The fraction of sp³-hybridized carbons (Fsp3) is 0.348. The normalized spacial score (nSPS) is 13.8. The zero-order valence-electron chi connectivity index (χ0n) is 19.8. The molecule has 10 nitrogen and oxygen atoms in total. The number of rotatable bonds is 5. The number of nitrogens with one attached hydrogen (secondary N) is 1. The van der Waals surface area contributed by atoms with Crippen LogP contribution in [0.3, 0.4) is 0 Å². The number of fused-ring (bicyclic) bond motifs is 1. The molecule has 0 radical (unpaired) electrons. The molecule has 37 heavy (non-hydrogen) atoms. The van der Waals surface area contributed by atoms with Crippen molar-refractivity contribution in [1.29, 1.82) is 0 Å². The molecule has 0 atom stereocenters. The number of esters is 2. The van der Waals surface area contributed by atoms with Crippen molar-refractivity contribution in [3.8, 4) is 11.8 Å². The van der Waals surface area contributed by atoms with Gasteiger partial charge in [-0.3, -0.25) is 13.9 Å². The lowest BCUT2D eigenvalue weighted by Crippen LogP contribution is -2.44. The number of aromatic nitrogens is 4. The van der Waals surface area contributed by atoms with Crippen LogP contribution in [-0.2, 0) is 23.1 Å². The van der Waals surface area contributed by atoms with E-state index >= 15 is 0 Å². The fourth-order valence-electron chi connectivity index (χ4n) is 3.65. The number of ether oxygens (including phenoxy) is 1. The average molecular weight is 535 g/mol. The van der Waals surface area contributed by atoms with Gasteiger partial charge < -0.3 is 15.0 Å². The molecule has 1 saturated heterocycles. The van der Waals surface area contributed by atoms with Gasteiger partial charge in [0.1, 0.15) is 0 Å². The first-order valence-electron chi connectivity index (χ1n) is 11.0. The molecule has 0 unspecified atom stereocenters. The lowest BCUT2D eigenvalue weighted by atomic mass is 10.2. The van der Waals surface area contributed by atoms with Crippen LogP contribution in [0, 0.1) is 11.8 Å². The topological polar surface area (TPSA) is 111 Å². The highest BCUT2D eigenvalue weighted by atomic mass is 32.2. The third kappa shape index (κ3) is 5.47. The Bertz CT molecular complexity index is 1480. The van der Waals surface area contributed by atoms with Gasteiger partial charge >= 0.3 is 18.1 Å². The number of carbonyl (C=O) groups excluding carboxylic acids is 2. The van der Waals surface area contributed by atoms with E-state index in [4.69, 9.17) is 0 Å². The monoisotopic (exact) mass is 534 g/mol. The minimum absolute atomic E-state index is 0.137. The first-order chi connectivity index (χ1) is 17.6. The maximum absolute atomic E-state index is 13.4. The Morgan fingerprint density at radius 2 is 1.89 bits per heavy atom. The number of anilines is 1. The number of carbonyl (C=O) groups is 2. The van der Waals surface area contributed by atoms with E-state index in [-0.39, 0.29) is 33.3 Å². The van der Waals surface area contributed by atoms with Gasteiger partial charge in [0.2, 0.25) is 5.95 Å². The lowest BCUT2D eigenvalue weighted by Gasteiger charge is -2.28. The number of hydrogen-bond donors (Lipinski definition) is 1. The molecule has 0 aliphatic carbocycles. The quantitative estimate of drug-likeness (QED) is 0.227. The standard InChI is InChI=1S/C23H21F3N6O4S/c1-3-4-11-32-16-17(28-21(32)31-12-9-27-10-13-31)29-22(30(2)18(16)33)37-15-8-6-5-7-14(15)19(34)36-20(35)23(24,25)26/h5-8,27H,9-13H2,1-2H3. The van der Waals surface area contributed by atoms with Crippen molar-refractivity contribution in [1.82, 2.24) is 24.4 Å². The second-order valence-electron chi connectivity index (χ2n) is 7.87. The van der Waals surface area contributed by atoms with E-state index in [1.165, 1.54) is 29.8 Å². The van der Waals surface area contributed by atoms with Gasteiger partial charge in [-0.1, -0.05) is 29.8 Å². The van der Waals surface area contributed by atoms with E-state index in [1.807, 2.05) is 4.90 Å². The number of nitrogens with zero attached hydrogens (tertiary/aromatic N) is 5. The summed E-state index contributed by atoms with van der Waals surface area (Å²) >= 11 is 0.859. The molecule has 0 spiro atoms. The SMILES string of the molecule is CC#CCn1c(N2CCNCC2)nc2nc(Sc3ccccc3C(=O)OC(=O)C(F)(F)F)n(C)c(=O)c21. The van der Waals surface area contributed by atoms with Gasteiger partial charge in [-0.2, -0.15) is 18.2 Å². The van der Waals surface area contributed by atoms with Crippen LogP contribution in [0.1, 0.15) is 17.3 Å². The summed E-state index contributed by atoms with van der Waals surface area (Å²) in [6.45, 7) is 4.78. The molecular formula is C23H21F3N6O4S. The zero-order valence-corrected chi connectivity index (χ0v) is 20.6. The summed E-state index contributed by atoms with van der Waals surface area (Å²) < 4.78 is 44.6. The molecule has 4 rings (SSSR count). The molecule has 1 fully saturated rings. The first-order valence-corrected chi connectivity index (χ1v) is 11.9. The molecule has 2 aromatic heterocycles. The second-order valence-corrected chi connectivity index (χ2v) is 8.87. The summed E-state index contributed by atoms with van der Waals surface area (Å²) in [7, 11) is 1.48. The Kier molecular flexibility index (Phi) is 7.55. The van der Waals surface area contributed by atoms with Crippen LogP contribution in [0.25, 0.3) is 11.2 Å². The van der Waals surface area contributed by atoms with Crippen molar-refractivity contribution < 1.29 is 27.5 Å². The van der Waals surface area contributed by atoms with Crippen LogP contribution in [0.15, 0.2) is 39.1 Å². The highest BCUT2D eigenvalue weighted by Crippen LogP contribution is 2.31. The molecule has 1 aliphatic rings. The number of benzene rings is 1. The first kappa shape index (κ1) is 26.2. The number of alkyl halides is 3. The second kappa shape index (κ2) is 10.7. The zero-order chi connectivity index (χ0) is 26.7. The van der Waals surface area contributed by atoms with Crippen molar-refractivity contribution in [2.45, 2.75) is 29.7 Å². The van der Waals surface area contributed by atoms with Crippen LogP contribution < -0.4 is 15.8 Å². The van der Waals surface area contributed by atoms with Gasteiger partial charge in [0.05, 0.1) is 12.1 Å². The van der Waals surface area contributed by atoms with Gasteiger partial charge in [0.15, 0.2) is 16.3 Å². The highest BCUT2D eigenvalue weighted by molar-refractivity contribution is 7.99. The summed E-state index contributed by atoms with van der Waals surface area (Å²) in [6.07, 6.45) is -5.32. The van der Waals surface area contributed by atoms with E-state index in [1.54, 1.807) is 17.6 Å². The molecule has 194 valence electrons. The van der Waals surface area contributed by atoms with Crippen LogP contribution >= 0.6 is 11.8 Å². The van der Waals surface area contributed by atoms with Crippen LogP contribution in [0.4, 0.5) is 19.1 Å². The molecule has 0 bridgehead atoms. The predicted molar refractivity (Wildman–Crippen MR) is 128 cm³/mol. The number of imidazole rings is 1. The largest absolute Gasteiger partial charge is 0.491 e. The van der Waals surface area contributed by atoms with Crippen molar-refractivity contribution in [3.05, 3.63) is 40.2 Å². The van der Waals surface area contributed by atoms with E-state index in [2.05, 4.69) is 31.9 Å². The smallest absolute Gasteiger partial charge is 0.383 e. The molecule has 14 heteroatoms. The Morgan fingerprint density at radius 3 is 2.57 bits per heavy atom. The summed E-state index contributed by atoms with van der Waals surface area (Å²) in [5, 5.41) is 3.40. The Balaban J connectivity index is 1.75. The van der Waals surface area contributed by atoms with Crippen LogP contribution in [0.5, 0.6) is 0 Å². The number of hydrogen-bond acceptors (Lipinski definition) is 9. The van der Waals surface area contributed by atoms with Gasteiger partial charge in [0, 0.05) is 38.1 Å². The van der Waals surface area contributed by atoms with Crippen molar-refractivity contribution in [3.63, 3.8) is 0 Å². The molecule has 1 aromatic carbocycles. The molecule has 3 aromatic rings. The molecule has 0 amide bonds. The van der Waals surface area contributed by atoms with E-state index < -0.39 is 23.7 Å². The molecule has 0 saturated carbocycles. The van der Waals surface area contributed by atoms with Gasteiger partial charge in [-0.15, -0.1) is 5.92 Å². The van der Waals surface area contributed by atoms with Gasteiger partial charge in [-0.05, 0) is 19.1 Å². The van der Waals surface area contributed by atoms with Crippen molar-refractivity contribution >= 4 is 40.8 Å². The predicted octanol–water partition coefficient (Wildman–Crippen LogP) is 1.96.